The topological polar surface area (TPSA) is 55.1 Å². The van der Waals surface area contributed by atoms with E-state index in [1.165, 1.54) is 0 Å². The van der Waals surface area contributed by atoms with Crippen molar-refractivity contribution in [1.29, 1.82) is 0 Å². The first-order valence-electron chi connectivity index (χ1n) is 6.30. The number of nitrogens with two attached hydrogens (primary N) is 1. The van der Waals surface area contributed by atoms with Crippen molar-refractivity contribution in [2.75, 3.05) is 5.73 Å². The lowest BCUT2D eigenvalue weighted by atomic mass is 10.1. The summed E-state index contributed by atoms with van der Waals surface area (Å²) in [4.78, 5) is 12.2. The Bertz CT molecular complexity index is 579. The number of carbonyl (C=O) groups excluding carboxylic acids is 1. The SMILES string of the molecule is Cc1cccc(C(=O)NC(C)c2ccccc2)c1N. The average molecular weight is 254 g/mol. The van der Waals surface area contributed by atoms with Crippen molar-refractivity contribution < 1.29 is 4.79 Å². The molecule has 0 aliphatic rings. The molecule has 2 rings (SSSR count). The molecule has 3 nitrogen and oxygen atoms in total. The molecule has 2 aromatic carbocycles. The molecule has 0 heterocycles. The number of nitrogens with one attached hydrogen (secondary N) is 1. The molecule has 0 aliphatic heterocycles. The summed E-state index contributed by atoms with van der Waals surface area (Å²) in [5.74, 6) is -0.141. The van der Waals surface area contributed by atoms with Gasteiger partial charge < -0.3 is 11.1 Å². The molecule has 0 fully saturated rings. The number of para-hydroxylation sites is 1. The van der Waals surface area contributed by atoms with Crippen molar-refractivity contribution >= 4 is 11.6 Å². The van der Waals surface area contributed by atoms with Crippen LogP contribution in [0.4, 0.5) is 5.69 Å². The van der Waals surface area contributed by atoms with Gasteiger partial charge in [0.2, 0.25) is 0 Å². The van der Waals surface area contributed by atoms with Gasteiger partial charge in [-0.3, -0.25) is 4.79 Å². The average Bonchev–Trinajstić information content (AvgIpc) is 2.42. The van der Waals surface area contributed by atoms with E-state index in [0.29, 0.717) is 11.3 Å². The maximum Gasteiger partial charge on any atom is 0.253 e. The van der Waals surface area contributed by atoms with Gasteiger partial charge in [0.25, 0.3) is 5.91 Å². The zero-order valence-corrected chi connectivity index (χ0v) is 11.2. The highest BCUT2D eigenvalue weighted by atomic mass is 16.1. The van der Waals surface area contributed by atoms with Crippen LogP contribution in [0.25, 0.3) is 0 Å². The van der Waals surface area contributed by atoms with Gasteiger partial charge in [-0.25, -0.2) is 0 Å². The molecule has 2 aromatic rings. The number of rotatable bonds is 3. The summed E-state index contributed by atoms with van der Waals surface area (Å²) in [5, 5.41) is 2.96. The van der Waals surface area contributed by atoms with Crippen LogP contribution < -0.4 is 11.1 Å². The second kappa shape index (κ2) is 5.57. The van der Waals surface area contributed by atoms with Gasteiger partial charge in [0.1, 0.15) is 0 Å². The second-order valence-electron chi connectivity index (χ2n) is 4.64. The lowest BCUT2D eigenvalue weighted by Gasteiger charge is -2.15. The third-order valence-corrected chi connectivity index (χ3v) is 3.22. The minimum absolute atomic E-state index is 0.0476. The van der Waals surface area contributed by atoms with Crippen LogP contribution in [0.15, 0.2) is 48.5 Å². The molecule has 19 heavy (non-hydrogen) atoms. The maximum absolute atomic E-state index is 12.2. The quantitative estimate of drug-likeness (QED) is 0.827. The van der Waals surface area contributed by atoms with E-state index < -0.39 is 0 Å². The highest BCUT2D eigenvalue weighted by Crippen LogP contribution is 2.18. The van der Waals surface area contributed by atoms with E-state index in [1.807, 2.05) is 56.3 Å². The summed E-state index contributed by atoms with van der Waals surface area (Å²) < 4.78 is 0. The highest BCUT2D eigenvalue weighted by molar-refractivity contribution is 5.99. The smallest absolute Gasteiger partial charge is 0.253 e. The Morgan fingerprint density at radius 1 is 1.11 bits per heavy atom. The Labute approximate surface area is 113 Å². The zero-order chi connectivity index (χ0) is 13.8. The Kier molecular flexibility index (Phi) is 3.85. The van der Waals surface area contributed by atoms with E-state index in [0.717, 1.165) is 11.1 Å². The molecule has 1 amide bonds. The molecule has 1 atom stereocenters. The van der Waals surface area contributed by atoms with E-state index in [9.17, 15) is 4.79 Å². The van der Waals surface area contributed by atoms with E-state index >= 15 is 0 Å². The molecular formula is C16H18N2O. The standard InChI is InChI=1S/C16H18N2O/c1-11-7-6-10-14(15(11)17)16(19)18-12(2)13-8-4-3-5-9-13/h3-10,12H,17H2,1-2H3,(H,18,19). The van der Waals surface area contributed by atoms with Crippen molar-refractivity contribution in [2.24, 2.45) is 0 Å². The number of carbonyl (C=O) groups is 1. The highest BCUT2D eigenvalue weighted by Gasteiger charge is 2.14. The van der Waals surface area contributed by atoms with Gasteiger partial charge in [-0.2, -0.15) is 0 Å². The largest absolute Gasteiger partial charge is 0.398 e. The maximum atomic E-state index is 12.2. The number of hydrogen-bond donors (Lipinski definition) is 2. The number of nitrogen functional groups attached to an aromatic ring is 1. The molecule has 0 aromatic heterocycles. The summed E-state index contributed by atoms with van der Waals surface area (Å²) in [6.07, 6.45) is 0. The summed E-state index contributed by atoms with van der Waals surface area (Å²) in [7, 11) is 0. The normalized spacial score (nSPS) is 11.9. The van der Waals surface area contributed by atoms with Crippen LogP contribution in [0.3, 0.4) is 0 Å². The molecular weight excluding hydrogens is 236 g/mol. The van der Waals surface area contributed by atoms with Gasteiger partial charge in [0.05, 0.1) is 11.6 Å². The van der Waals surface area contributed by atoms with Crippen LogP contribution >= 0.6 is 0 Å². The van der Waals surface area contributed by atoms with Gasteiger partial charge in [-0.05, 0) is 31.0 Å². The predicted molar refractivity (Wildman–Crippen MR) is 77.9 cm³/mol. The van der Waals surface area contributed by atoms with Crippen molar-refractivity contribution in [3.05, 3.63) is 65.2 Å². The fourth-order valence-corrected chi connectivity index (χ4v) is 1.98. The third kappa shape index (κ3) is 2.94. The summed E-state index contributed by atoms with van der Waals surface area (Å²) in [6, 6.07) is 15.3. The first kappa shape index (κ1) is 13.1. The molecule has 0 aliphatic carbocycles. The molecule has 3 N–H and O–H groups in total. The summed E-state index contributed by atoms with van der Waals surface area (Å²) in [5.41, 5.74) is 9.00. The molecule has 0 bridgehead atoms. The number of anilines is 1. The zero-order valence-electron chi connectivity index (χ0n) is 11.2. The third-order valence-electron chi connectivity index (χ3n) is 3.22. The van der Waals surface area contributed by atoms with Gasteiger partial charge in [-0.1, -0.05) is 42.5 Å². The molecule has 0 saturated heterocycles. The van der Waals surface area contributed by atoms with Crippen LogP contribution in [-0.4, -0.2) is 5.91 Å². The van der Waals surface area contributed by atoms with E-state index in [2.05, 4.69) is 5.32 Å². The van der Waals surface area contributed by atoms with Crippen molar-refractivity contribution in [3.63, 3.8) is 0 Å². The first-order chi connectivity index (χ1) is 9.09. The second-order valence-corrected chi connectivity index (χ2v) is 4.64. The lowest BCUT2D eigenvalue weighted by molar-refractivity contribution is 0.0940. The van der Waals surface area contributed by atoms with Crippen LogP contribution in [0, 0.1) is 6.92 Å². The minimum atomic E-state index is -0.141. The van der Waals surface area contributed by atoms with Crippen LogP contribution in [0.1, 0.15) is 34.5 Å². The van der Waals surface area contributed by atoms with Crippen molar-refractivity contribution in [1.82, 2.24) is 5.32 Å². The fourth-order valence-electron chi connectivity index (χ4n) is 1.98. The van der Waals surface area contributed by atoms with E-state index in [4.69, 9.17) is 5.73 Å². The Morgan fingerprint density at radius 2 is 1.79 bits per heavy atom. The molecule has 3 heteroatoms. The lowest BCUT2D eigenvalue weighted by Crippen LogP contribution is -2.27. The number of aryl methyl sites for hydroxylation is 1. The van der Waals surface area contributed by atoms with Crippen LogP contribution in [0.5, 0.6) is 0 Å². The van der Waals surface area contributed by atoms with E-state index in [-0.39, 0.29) is 11.9 Å². The predicted octanol–water partition coefficient (Wildman–Crippen LogP) is 3.07. The number of hydrogen-bond acceptors (Lipinski definition) is 2. The first-order valence-corrected chi connectivity index (χ1v) is 6.30. The minimum Gasteiger partial charge on any atom is -0.398 e. The fraction of sp³-hybridized carbons (Fsp3) is 0.188. The number of benzene rings is 2. The Morgan fingerprint density at radius 3 is 2.47 bits per heavy atom. The van der Waals surface area contributed by atoms with E-state index in [1.54, 1.807) is 6.07 Å². The molecule has 0 radical (unpaired) electrons. The number of amides is 1. The van der Waals surface area contributed by atoms with Gasteiger partial charge in [-0.15, -0.1) is 0 Å². The van der Waals surface area contributed by atoms with Gasteiger partial charge in [0, 0.05) is 5.69 Å². The molecule has 0 spiro atoms. The Hall–Kier alpha value is -2.29. The van der Waals surface area contributed by atoms with Crippen LogP contribution in [0.2, 0.25) is 0 Å². The molecule has 0 saturated carbocycles. The summed E-state index contributed by atoms with van der Waals surface area (Å²) >= 11 is 0. The van der Waals surface area contributed by atoms with Crippen LogP contribution in [-0.2, 0) is 0 Å². The van der Waals surface area contributed by atoms with Crippen molar-refractivity contribution in [3.8, 4) is 0 Å². The molecule has 1 unspecified atom stereocenters. The summed E-state index contributed by atoms with van der Waals surface area (Å²) in [6.45, 7) is 3.85. The molecule has 98 valence electrons. The Balaban J connectivity index is 2.16. The monoisotopic (exact) mass is 254 g/mol. The van der Waals surface area contributed by atoms with Gasteiger partial charge in [0.15, 0.2) is 0 Å². The van der Waals surface area contributed by atoms with Gasteiger partial charge >= 0.3 is 0 Å². The van der Waals surface area contributed by atoms with Crippen molar-refractivity contribution in [2.45, 2.75) is 19.9 Å².